The standard InChI is InChI=1S/C16H17N3O2S/c1-10-14(17-11(2)20)5-4-6-15(10)19-16(21)8-7-13-9-22-12(3)18-13/h4-9H,1-3H3,(H,17,20)(H,19,21)/b8-7+. The summed E-state index contributed by atoms with van der Waals surface area (Å²) in [6.45, 7) is 5.20. The molecule has 2 rings (SSSR count). The van der Waals surface area contributed by atoms with Gasteiger partial charge in [-0.15, -0.1) is 11.3 Å². The highest BCUT2D eigenvalue weighted by Crippen LogP contribution is 2.23. The Morgan fingerprint density at radius 2 is 1.86 bits per heavy atom. The van der Waals surface area contributed by atoms with Crippen LogP contribution in [0.2, 0.25) is 0 Å². The van der Waals surface area contributed by atoms with Crippen molar-refractivity contribution >= 4 is 40.6 Å². The molecule has 0 spiro atoms. The van der Waals surface area contributed by atoms with Crippen molar-refractivity contribution in [2.75, 3.05) is 10.6 Å². The first-order valence-electron chi connectivity index (χ1n) is 6.74. The fraction of sp³-hybridized carbons (Fsp3) is 0.188. The Labute approximate surface area is 133 Å². The number of nitrogens with one attached hydrogen (secondary N) is 2. The second-order valence-corrected chi connectivity index (χ2v) is 5.84. The zero-order chi connectivity index (χ0) is 16.1. The number of carbonyl (C=O) groups is 2. The highest BCUT2D eigenvalue weighted by Gasteiger charge is 2.07. The number of hydrogen-bond acceptors (Lipinski definition) is 4. The van der Waals surface area contributed by atoms with Crippen LogP contribution in [-0.2, 0) is 9.59 Å². The normalized spacial score (nSPS) is 10.7. The van der Waals surface area contributed by atoms with Crippen LogP contribution in [-0.4, -0.2) is 16.8 Å². The van der Waals surface area contributed by atoms with Crippen molar-refractivity contribution in [3.63, 3.8) is 0 Å². The number of aromatic nitrogens is 1. The second kappa shape index (κ2) is 7.00. The van der Waals surface area contributed by atoms with E-state index in [1.54, 1.807) is 24.3 Å². The van der Waals surface area contributed by atoms with Gasteiger partial charge in [0.15, 0.2) is 0 Å². The molecule has 5 nitrogen and oxygen atoms in total. The molecule has 114 valence electrons. The van der Waals surface area contributed by atoms with Crippen molar-refractivity contribution in [1.29, 1.82) is 0 Å². The van der Waals surface area contributed by atoms with Crippen LogP contribution < -0.4 is 10.6 Å². The van der Waals surface area contributed by atoms with E-state index >= 15 is 0 Å². The van der Waals surface area contributed by atoms with Crippen LogP contribution in [0, 0.1) is 13.8 Å². The number of hydrogen-bond donors (Lipinski definition) is 2. The highest BCUT2D eigenvalue weighted by molar-refractivity contribution is 7.09. The molecule has 0 unspecified atom stereocenters. The van der Waals surface area contributed by atoms with Crippen LogP contribution >= 0.6 is 11.3 Å². The molecule has 1 aromatic heterocycles. The minimum atomic E-state index is -0.242. The number of nitrogens with zero attached hydrogens (tertiary/aromatic N) is 1. The smallest absolute Gasteiger partial charge is 0.248 e. The van der Waals surface area contributed by atoms with E-state index in [1.165, 1.54) is 24.3 Å². The monoisotopic (exact) mass is 315 g/mol. The largest absolute Gasteiger partial charge is 0.326 e. The van der Waals surface area contributed by atoms with Crippen molar-refractivity contribution in [3.05, 3.63) is 45.9 Å². The summed E-state index contributed by atoms with van der Waals surface area (Å²) in [5.74, 6) is -0.390. The lowest BCUT2D eigenvalue weighted by Crippen LogP contribution is -2.12. The van der Waals surface area contributed by atoms with Gasteiger partial charge in [0.2, 0.25) is 11.8 Å². The van der Waals surface area contributed by atoms with Crippen LogP contribution in [0.4, 0.5) is 11.4 Å². The summed E-state index contributed by atoms with van der Waals surface area (Å²) in [5.41, 5.74) is 2.92. The van der Waals surface area contributed by atoms with Gasteiger partial charge in [-0.25, -0.2) is 4.98 Å². The molecule has 0 bridgehead atoms. The highest BCUT2D eigenvalue weighted by atomic mass is 32.1. The maximum absolute atomic E-state index is 12.0. The molecule has 0 aliphatic heterocycles. The fourth-order valence-electron chi connectivity index (χ4n) is 1.89. The van der Waals surface area contributed by atoms with Crippen molar-refractivity contribution < 1.29 is 9.59 Å². The Kier molecular flexibility index (Phi) is 5.06. The second-order valence-electron chi connectivity index (χ2n) is 4.77. The third-order valence-corrected chi connectivity index (χ3v) is 3.74. The SMILES string of the molecule is CC(=O)Nc1cccc(NC(=O)/C=C/c2csc(C)n2)c1C. The van der Waals surface area contributed by atoms with E-state index in [0.29, 0.717) is 11.4 Å². The molecule has 2 N–H and O–H groups in total. The molecule has 6 heteroatoms. The first kappa shape index (κ1) is 15.9. The molecule has 22 heavy (non-hydrogen) atoms. The summed E-state index contributed by atoms with van der Waals surface area (Å²) in [6, 6.07) is 5.36. The summed E-state index contributed by atoms with van der Waals surface area (Å²) in [5, 5.41) is 8.38. The van der Waals surface area contributed by atoms with Gasteiger partial charge in [-0.05, 0) is 37.6 Å². The molecule has 2 aromatic rings. The summed E-state index contributed by atoms with van der Waals surface area (Å²) in [7, 11) is 0. The molecule has 0 saturated carbocycles. The molecule has 2 amide bonds. The van der Waals surface area contributed by atoms with E-state index in [9.17, 15) is 9.59 Å². The van der Waals surface area contributed by atoms with Gasteiger partial charge in [0.25, 0.3) is 0 Å². The Bertz CT molecular complexity index is 735. The number of benzene rings is 1. The third kappa shape index (κ3) is 4.26. The minimum absolute atomic E-state index is 0.148. The van der Waals surface area contributed by atoms with E-state index in [2.05, 4.69) is 15.6 Å². The number of carbonyl (C=O) groups excluding carboxylic acids is 2. The Balaban J connectivity index is 2.08. The lowest BCUT2D eigenvalue weighted by Gasteiger charge is -2.11. The molecule has 0 aliphatic carbocycles. The third-order valence-electron chi connectivity index (χ3n) is 2.94. The van der Waals surface area contributed by atoms with E-state index in [0.717, 1.165) is 16.3 Å². The lowest BCUT2D eigenvalue weighted by molar-refractivity contribution is -0.114. The predicted octanol–water partition coefficient (Wildman–Crippen LogP) is 3.37. The van der Waals surface area contributed by atoms with Gasteiger partial charge >= 0.3 is 0 Å². The van der Waals surface area contributed by atoms with Gasteiger partial charge in [-0.3, -0.25) is 9.59 Å². The molecule has 0 saturated heterocycles. The topological polar surface area (TPSA) is 71.1 Å². The first-order chi connectivity index (χ1) is 10.5. The molecule has 1 heterocycles. The lowest BCUT2D eigenvalue weighted by atomic mass is 10.1. The number of amides is 2. The molecule has 1 aromatic carbocycles. The van der Waals surface area contributed by atoms with Gasteiger partial charge in [-0.2, -0.15) is 0 Å². The van der Waals surface area contributed by atoms with Crippen molar-refractivity contribution in [2.24, 2.45) is 0 Å². The summed E-state index contributed by atoms with van der Waals surface area (Å²) in [6.07, 6.45) is 3.12. The van der Waals surface area contributed by atoms with Gasteiger partial charge in [-0.1, -0.05) is 6.07 Å². The van der Waals surface area contributed by atoms with Gasteiger partial charge in [0.05, 0.1) is 10.7 Å². The van der Waals surface area contributed by atoms with Crippen LogP contribution in [0.3, 0.4) is 0 Å². The van der Waals surface area contributed by atoms with E-state index in [4.69, 9.17) is 0 Å². The van der Waals surface area contributed by atoms with E-state index < -0.39 is 0 Å². The number of anilines is 2. The quantitative estimate of drug-likeness (QED) is 0.850. The van der Waals surface area contributed by atoms with E-state index in [1.807, 2.05) is 19.2 Å². The maximum Gasteiger partial charge on any atom is 0.248 e. The summed E-state index contributed by atoms with van der Waals surface area (Å²) in [4.78, 5) is 27.4. The summed E-state index contributed by atoms with van der Waals surface area (Å²) < 4.78 is 0. The molecular weight excluding hydrogens is 298 g/mol. The number of rotatable bonds is 4. The van der Waals surface area contributed by atoms with Gasteiger partial charge in [0.1, 0.15) is 0 Å². The molecule has 0 radical (unpaired) electrons. The molecule has 0 fully saturated rings. The number of aryl methyl sites for hydroxylation is 1. The Morgan fingerprint density at radius 1 is 1.18 bits per heavy atom. The van der Waals surface area contributed by atoms with Crippen LogP contribution in [0.5, 0.6) is 0 Å². The van der Waals surface area contributed by atoms with Gasteiger partial charge in [0, 0.05) is 29.8 Å². The minimum Gasteiger partial charge on any atom is -0.326 e. The average molecular weight is 315 g/mol. The van der Waals surface area contributed by atoms with Crippen molar-refractivity contribution in [1.82, 2.24) is 4.98 Å². The average Bonchev–Trinajstić information content (AvgIpc) is 2.86. The predicted molar refractivity (Wildman–Crippen MR) is 90.0 cm³/mol. The Morgan fingerprint density at radius 3 is 2.45 bits per heavy atom. The Hall–Kier alpha value is -2.47. The van der Waals surface area contributed by atoms with Crippen molar-refractivity contribution in [2.45, 2.75) is 20.8 Å². The maximum atomic E-state index is 12.0. The number of thiazole rings is 1. The van der Waals surface area contributed by atoms with Crippen molar-refractivity contribution in [3.8, 4) is 0 Å². The van der Waals surface area contributed by atoms with Crippen LogP contribution in [0.1, 0.15) is 23.2 Å². The summed E-state index contributed by atoms with van der Waals surface area (Å²) >= 11 is 1.54. The fourth-order valence-corrected chi connectivity index (χ4v) is 2.47. The van der Waals surface area contributed by atoms with E-state index in [-0.39, 0.29) is 11.8 Å². The molecule has 0 atom stereocenters. The zero-order valence-corrected chi connectivity index (χ0v) is 13.5. The van der Waals surface area contributed by atoms with Crippen LogP contribution in [0.25, 0.3) is 6.08 Å². The first-order valence-corrected chi connectivity index (χ1v) is 7.62. The molecular formula is C16H17N3O2S. The van der Waals surface area contributed by atoms with Crippen LogP contribution in [0.15, 0.2) is 29.7 Å². The zero-order valence-electron chi connectivity index (χ0n) is 12.6. The van der Waals surface area contributed by atoms with Gasteiger partial charge < -0.3 is 10.6 Å². The molecule has 0 aliphatic rings.